The molecule has 0 bridgehead atoms. The molecule has 5 nitrogen and oxygen atoms in total. The Morgan fingerprint density at radius 3 is 2.35 bits per heavy atom. The fourth-order valence-corrected chi connectivity index (χ4v) is 1.04. The largest absolute Gasteiger partial charge is 0.466 e. The van der Waals surface area contributed by atoms with E-state index in [9.17, 15) is 9.59 Å². The maximum atomic E-state index is 11.5. The zero-order valence-corrected chi connectivity index (χ0v) is 10.3. The van der Waals surface area contributed by atoms with Gasteiger partial charge in [0, 0.05) is 6.04 Å². The van der Waals surface area contributed by atoms with E-state index in [1.807, 2.05) is 13.8 Å². The van der Waals surface area contributed by atoms with E-state index in [1.54, 1.807) is 0 Å². The van der Waals surface area contributed by atoms with Crippen LogP contribution < -0.4 is 5.32 Å². The van der Waals surface area contributed by atoms with Crippen molar-refractivity contribution in [2.45, 2.75) is 39.2 Å². The first-order chi connectivity index (χ1) is 8.15. The van der Waals surface area contributed by atoms with Crippen molar-refractivity contribution in [1.29, 1.82) is 0 Å². The molecule has 0 aliphatic rings. The molecule has 96 valence electrons. The number of terminal acetylenes is 1. The van der Waals surface area contributed by atoms with E-state index in [2.05, 4.69) is 11.4 Å². The van der Waals surface area contributed by atoms with Crippen LogP contribution in [0.25, 0.3) is 0 Å². The van der Waals surface area contributed by atoms with Gasteiger partial charge >= 0.3 is 11.9 Å². The van der Waals surface area contributed by atoms with Gasteiger partial charge in [-0.05, 0) is 12.8 Å². The van der Waals surface area contributed by atoms with Crippen molar-refractivity contribution in [3.8, 4) is 12.5 Å². The molecule has 0 aliphatic heterocycles. The number of carbonyl (C=O) groups is 2. The molecule has 0 radical (unpaired) electrons. The van der Waals surface area contributed by atoms with Gasteiger partial charge in [0.1, 0.15) is 6.04 Å². The average Bonchev–Trinajstić information content (AvgIpc) is 2.32. The molecule has 1 unspecified atom stereocenters. The summed E-state index contributed by atoms with van der Waals surface area (Å²) in [5.41, 5.74) is 0. The lowest BCUT2D eigenvalue weighted by Crippen LogP contribution is -2.37. The highest BCUT2D eigenvalue weighted by atomic mass is 16.5. The van der Waals surface area contributed by atoms with Crippen LogP contribution in [0.5, 0.6) is 0 Å². The summed E-state index contributed by atoms with van der Waals surface area (Å²) in [7, 11) is 0. The van der Waals surface area contributed by atoms with E-state index in [1.165, 1.54) is 0 Å². The summed E-state index contributed by atoms with van der Waals surface area (Å²) in [6.45, 7) is 4.42. The van der Waals surface area contributed by atoms with Gasteiger partial charge in [-0.3, -0.25) is 4.79 Å². The Morgan fingerprint density at radius 2 is 1.82 bits per heavy atom. The van der Waals surface area contributed by atoms with Gasteiger partial charge in [-0.2, -0.15) is 0 Å². The SMILES string of the molecule is C#CNC(CC(=O)OCCC)C(=O)OCCC. The Hall–Kier alpha value is -1.70. The third-order valence-corrected chi connectivity index (χ3v) is 1.83. The van der Waals surface area contributed by atoms with Crippen LogP contribution in [0.3, 0.4) is 0 Å². The van der Waals surface area contributed by atoms with Crippen LogP contribution >= 0.6 is 0 Å². The molecular weight excluding hydrogens is 222 g/mol. The number of hydrogen-bond acceptors (Lipinski definition) is 5. The topological polar surface area (TPSA) is 64.6 Å². The van der Waals surface area contributed by atoms with Crippen LogP contribution in [0.2, 0.25) is 0 Å². The molecule has 0 saturated heterocycles. The van der Waals surface area contributed by atoms with Crippen LogP contribution in [0, 0.1) is 12.5 Å². The van der Waals surface area contributed by atoms with Crippen LogP contribution in [0.1, 0.15) is 33.1 Å². The van der Waals surface area contributed by atoms with Gasteiger partial charge in [-0.15, -0.1) is 0 Å². The summed E-state index contributed by atoms with van der Waals surface area (Å²) in [6, 6.07) is 1.29. The van der Waals surface area contributed by atoms with Crippen molar-refractivity contribution in [1.82, 2.24) is 5.32 Å². The van der Waals surface area contributed by atoms with Crippen molar-refractivity contribution in [3.63, 3.8) is 0 Å². The second kappa shape index (κ2) is 9.52. The fraction of sp³-hybridized carbons (Fsp3) is 0.667. The van der Waals surface area contributed by atoms with Crippen molar-refractivity contribution >= 4 is 11.9 Å². The molecule has 0 rings (SSSR count). The highest BCUT2D eigenvalue weighted by Gasteiger charge is 2.23. The number of ether oxygens (including phenoxy) is 2. The van der Waals surface area contributed by atoms with E-state index in [4.69, 9.17) is 15.9 Å². The van der Waals surface area contributed by atoms with Gasteiger partial charge in [0.15, 0.2) is 0 Å². The third kappa shape index (κ3) is 7.23. The number of hydrogen-bond donors (Lipinski definition) is 1. The molecule has 0 heterocycles. The van der Waals surface area contributed by atoms with Crippen LogP contribution in [0.4, 0.5) is 0 Å². The summed E-state index contributed by atoms with van der Waals surface area (Å²) >= 11 is 0. The second-order valence-electron chi connectivity index (χ2n) is 3.43. The van der Waals surface area contributed by atoms with E-state index in [0.717, 1.165) is 12.8 Å². The number of esters is 2. The predicted molar refractivity (Wildman–Crippen MR) is 62.9 cm³/mol. The number of carbonyl (C=O) groups excluding carboxylic acids is 2. The van der Waals surface area contributed by atoms with Crippen LogP contribution in [-0.2, 0) is 19.1 Å². The van der Waals surface area contributed by atoms with E-state index >= 15 is 0 Å². The van der Waals surface area contributed by atoms with Gasteiger partial charge in [-0.25, -0.2) is 4.79 Å². The lowest BCUT2D eigenvalue weighted by Gasteiger charge is -2.14. The Bertz CT molecular complexity index is 283. The van der Waals surface area contributed by atoms with Gasteiger partial charge in [0.25, 0.3) is 0 Å². The van der Waals surface area contributed by atoms with E-state index < -0.39 is 18.0 Å². The number of rotatable bonds is 8. The van der Waals surface area contributed by atoms with Crippen molar-refractivity contribution in [3.05, 3.63) is 0 Å². The highest BCUT2D eigenvalue weighted by Crippen LogP contribution is 1.99. The summed E-state index contributed by atoms with van der Waals surface area (Å²) in [5, 5.41) is 2.45. The molecule has 0 fully saturated rings. The smallest absolute Gasteiger partial charge is 0.329 e. The van der Waals surface area contributed by atoms with Gasteiger partial charge in [0.05, 0.1) is 19.6 Å². The lowest BCUT2D eigenvalue weighted by molar-refractivity contribution is -0.152. The Balaban J connectivity index is 4.18. The van der Waals surface area contributed by atoms with Crippen molar-refractivity contribution in [2.24, 2.45) is 0 Å². The minimum absolute atomic E-state index is 0.118. The fourth-order valence-electron chi connectivity index (χ4n) is 1.04. The maximum Gasteiger partial charge on any atom is 0.329 e. The zero-order chi connectivity index (χ0) is 13.1. The molecule has 1 N–H and O–H groups in total. The van der Waals surface area contributed by atoms with Gasteiger partial charge in [-0.1, -0.05) is 20.3 Å². The molecule has 0 aromatic heterocycles. The molecule has 0 amide bonds. The van der Waals surface area contributed by atoms with Crippen molar-refractivity contribution in [2.75, 3.05) is 13.2 Å². The molecular formula is C12H19NO4. The quantitative estimate of drug-likeness (QED) is 0.387. The summed E-state index contributed by atoms with van der Waals surface area (Å²) in [6.07, 6.45) is 6.38. The Morgan fingerprint density at radius 1 is 1.24 bits per heavy atom. The van der Waals surface area contributed by atoms with E-state index in [-0.39, 0.29) is 6.42 Å². The Kier molecular flexibility index (Phi) is 8.57. The maximum absolute atomic E-state index is 11.5. The van der Waals surface area contributed by atoms with Crippen LogP contribution in [-0.4, -0.2) is 31.2 Å². The zero-order valence-electron chi connectivity index (χ0n) is 10.3. The Labute approximate surface area is 102 Å². The molecule has 5 heteroatoms. The first-order valence-electron chi connectivity index (χ1n) is 5.69. The highest BCUT2D eigenvalue weighted by molar-refractivity contribution is 5.82. The lowest BCUT2D eigenvalue weighted by atomic mass is 10.2. The van der Waals surface area contributed by atoms with Crippen LogP contribution in [0.15, 0.2) is 0 Å². The average molecular weight is 241 g/mol. The number of nitrogens with one attached hydrogen (secondary N) is 1. The first-order valence-corrected chi connectivity index (χ1v) is 5.69. The monoisotopic (exact) mass is 241 g/mol. The molecule has 0 aromatic rings. The molecule has 17 heavy (non-hydrogen) atoms. The summed E-state index contributed by atoms with van der Waals surface area (Å²) < 4.78 is 9.77. The minimum atomic E-state index is -0.837. The molecule has 0 aromatic carbocycles. The second-order valence-corrected chi connectivity index (χ2v) is 3.43. The first kappa shape index (κ1) is 15.3. The predicted octanol–water partition coefficient (Wildman–Crippen LogP) is 0.832. The molecule has 0 saturated carbocycles. The summed E-state index contributed by atoms with van der Waals surface area (Å²) in [4.78, 5) is 22.8. The summed E-state index contributed by atoms with van der Waals surface area (Å²) in [5.74, 6) is -0.994. The molecule has 1 atom stereocenters. The third-order valence-electron chi connectivity index (χ3n) is 1.83. The molecule has 0 aliphatic carbocycles. The van der Waals surface area contributed by atoms with E-state index in [0.29, 0.717) is 13.2 Å². The van der Waals surface area contributed by atoms with Gasteiger partial charge < -0.3 is 14.8 Å². The minimum Gasteiger partial charge on any atom is -0.466 e. The normalized spacial score (nSPS) is 11.1. The standard InChI is InChI=1S/C12H19NO4/c1-4-7-16-11(14)9-10(13-6-3)12(15)17-8-5-2/h3,10,13H,4-5,7-9H2,1-2H3. The van der Waals surface area contributed by atoms with Gasteiger partial charge in [0.2, 0.25) is 0 Å². The van der Waals surface area contributed by atoms with Crippen molar-refractivity contribution < 1.29 is 19.1 Å². The molecule has 0 spiro atoms.